The fraction of sp³-hybridized carbons (Fsp3) is 0. The van der Waals surface area contributed by atoms with Crippen molar-refractivity contribution < 1.29 is 0 Å². The Labute approximate surface area is 120 Å². The second-order valence-electron chi connectivity index (χ2n) is 3.61. The van der Waals surface area contributed by atoms with Crippen molar-refractivity contribution in [2.75, 3.05) is 0 Å². The van der Waals surface area contributed by atoms with E-state index in [0.29, 0.717) is 15.6 Å². The Morgan fingerprint density at radius 1 is 1.06 bits per heavy atom. The SMILES string of the molecule is N=C(N)c1cc(Cl)ccc1Sc1cccc(Cl)c1. The van der Waals surface area contributed by atoms with Crippen LogP contribution in [0.1, 0.15) is 5.56 Å². The average molecular weight is 297 g/mol. The number of hydrogen-bond acceptors (Lipinski definition) is 2. The maximum Gasteiger partial charge on any atom is 0.123 e. The normalized spacial score (nSPS) is 10.3. The molecule has 0 aliphatic carbocycles. The predicted octanol–water partition coefficient (Wildman–Crippen LogP) is 4.43. The molecule has 18 heavy (non-hydrogen) atoms. The van der Waals surface area contributed by atoms with E-state index in [9.17, 15) is 0 Å². The first kappa shape index (κ1) is 13.3. The van der Waals surface area contributed by atoms with Gasteiger partial charge in [-0.3, -0.25) is 5.41 Å². The highest BCUT2D eigenvalue weighted by Gasteiger charge is 2.08. The first-order chi connectivity index (χ1) is 8.56. The summed E-state index contributed by atoms with van der Waals surface area (Å²) in [5.74, 6) is 0.00188. The molecule has 0 bridgehead atoms. The summed E-state index contributed by atoms with van der Waals surface area (Å²) in [6.45, 7) is 0. The van der Waals surface area contributed by atoms with Crippen LogP contribution in [0.3, 0.4) is 0 Å². The number of hydrogen-bond donors (Lipinski definition) is 2. The minimum absolute atomic E-state index is 0.00188. The second kappa shape index (κ2) is 5.65. The quantitative estimate of drug-likeness (QED) is 0.650. The largest absolute Gasteiger partial charge is 0.384 e. The Bertz CT molecular complexity index is 599. The molecule has 0 radical (unpaired) electrons. The summed E-state index contributed by atoms with van der Waals surface area (Å²) in [6, 6.07) is 12.8. The molecule has 92 valence electrons. The van der Waals surface area contributed by atoms with Crippen molar-refractivity contribution >= 4 is 40.8 Å². The second-order valence-corrected chi connectivity index (χ2v) is 5.60. The van der Waals surface area contributed by atoms with Crippen LogP contribution in [-0.2, 0) is 0 Å². The molecule has 0 fully saturated rings. The van der Waals surface area contributed by atoms with E-state index in [2.05, 4.69) is 0 Å². The van der Waals surface area contributed by atoms with Gasteiger partial charge in [0.1, 0.15) is 5.84 Å². The van der Waals surface area contributed by atoms with Gasteiger partial charge in [0.25, 0.3) is 0 Å². The van der Waals surface area contributed by atoms with Crippen molar-refractivity contribution in [3.05, 3.63) is 58.1 Å². The third-order valence-electron chi connectivity index (χ3n) is 2.26. The van der Waals surface area contributed by atoms with Gasteiger partial charge >= 0.3 is 0 Å². The molecule has 0 atom stereocenters. The van der Waals surface area contributed by atoms with Gasteiger partial charge in [0.15, 0.2) is 0 Å². The molecule has 0 saturated carbocycles. The summed E-state index contributed by atoms with van der Waals surface area (Å²) in [4.78, 5) is 1.88. The summed E-state index contributed by atoms with van der Waals surface area (Å²) in [7, 11) is 0. The molecule has 0 amide bonds. The molecule has 2 nitrogen and oxygen atoms in total. The number of nitrogen functional groups attached to an aromatic ring is 1. The Balaban J connectivity index is 2.37. The minimum Gasteiger partial charge on any atom is -0.384 e. The topological polar surface area (TPSA) is 49.9 Å². The van der Waals surface area contributed by atoms with Crippen LogP contribution in [-0.4, -0.2) is 5.84 Å². The van der Waals surface area contributed by atoms with Crippen LogP contribution >= 0.6 is 35.0 Å². The van der Waals surface area contributed by atoms with Gasteiger partial charge < -0.3 is 5.73 Å². The van der Waals surface area contributed by atoms with Crippen LogP contribution in [0.15, 0.2) is 52.3 Å². The van der Waals surface area contributed by atoms with E-state index in [4.69, 9.17) is 34.3 Å². The van der Waals surface area contributed by atoms with E-state index in [0.717, 1.165) is 9.79 Å². The Kier molecular flexibility index (Phi) is 4.17. The molecular formula is C13H10Cl2N2S. The zero-order chi connectivity index (χ0) is 13.1. The van der Waals surface area contributed by atoms with Gasteiger partial charge in [-0.1, -0.05) is 41.0 Å². The Morgan fingerprint density at radius 2 is 1.78 bits per heavy atom. The van der Waals surface area contributed by atoms with E-state index in [1.807, 2.05) is 30.3 Å². The first-order valence-corrected chi connectivity index (χ1v) is 6.71. The summed E-state index contributed by atoms with van der Waals surface area (Å²) in [5, 5.41) is 8.81. The van der Waals surface area contributed by atoms with Gasteiger partial charge in [0, 0.05) is 25.4 Å². The van der Waals surface area contributed by atoms with E-state index >= 15 is 0 Å². The summed E-state index contributed by atoms with van der Waals surface area (Å²) in [6.07, 6.45) is 0. The van der Waals surface area contributed by atoms with Crippen molar-refractivity contribution in [3.8, 4) is 0 Å². The molecular weight excluding hydrogens is 287 g/mol. The van der Waals surface area contributed by atoms with Crippen molar-refractivity contribution in [3.63, 3.8) is 0 Å². The molecule has 0 aliphatic heterocycles. The van der Waals surface area contributed by atoms with Crippen LogP contribution in [0.5, 0.6) is 0 Å². The average Bonchev–Trinajstić information content (AvgIpc) is 2.31. The van der Waals surface area contributed by atoms with E-state index in [-0.39, 0.29) is 5.84 Å². The van der Waals surface area contributed by atoms with Crippen molar-refractivity contribution in [1.29, 1.82) is 5.41 Å². The lowest BCUT2D eigenvalue weighted by atomic mass is 10.2. The van der Waals surface area contributed by atoms with Crippen LogP contribution in [0, 0.1) is 5.41 Å². The predicted molar refractivity (Wildman–Crippen MR) is 78.0 cm³/mol. The molecule has 2 rings (SSSR count). The number of amidine groups is 1. The lowest BCUT2D eigenvalue weighted by Crippen LogP contribution is -2.12. The van der Waals surface area contributed by atoms with Gasteiger partial charge in [-0.15, -0.1) is 0 Å². The fourth-order valence-electron chi connectivity index (χ4n) is 1.46. The highest BCUT2D eigenvalue weighted by atomic mass is 35.5. The molecule has 0 saturated heterocycles. The van der Waals surface area contributed by atoms with Crippen LogP contribution in [0.2, 0.25) is 10.0 Å². The molecule has 2 aromatic rings. The third kappa shape index (κ3) is 3.19. The monoisotopic (exact) mass is 296 g/mol. The Hall–Kier alpha value is -1.16. The molecule has 2 aromatic carbocycles. The number of nitrogens with two attached hydrogens (primary N) is 1. The highest BCUT2D eigenvalue weighted by molar-refractivity contribution is 7.99. The lowest BCUT2D eigenvalue weighted by molar-refractivity contribution is 1.33. The van der Waals surface area contributed by atoms with Crippen molar-refractivity contribution in [1.82, 2.24) is 0 Å². The molecule has 0 spiro atoms. The van der Waals surface area contributed by atoms with Crippen LogP contribution in [0.4, 0.5) is 0 Å². The summed E-state index contributed by atoms with van der Waals surface area (Å²) < 4.78 is 0. The zero-order valence-corrected chi connectivity index (χ0v) is 11.6. The molecule has 5 heteroatoms. The minimum atomic E-state index is 0.00188. The van der Waals surface area contributed by atoms with Gasteiger partial charge in [-0.05, 0) is 36.4 Å². The summed E-state index contributed by atoms with van der Waals surface area (Å²) in [5.41, 5.74) is 6.18. The number of halogens is 2. The van der Waals surface area contributed by atoms with Crippen molar-refractivity contribution in [2.45, 2.75) is 9.79 Å². The zero-order valence-electron chi connectivity index (χ0n) is 9.28. The standard InChI is InChI=1S/C13H10Cl2N2S/c14-8-2-1-3-10(6-8)18-12-5-4-9(15)7-11(12)13(16)17/h1-7H,(H3,16,17). The van der Waals surface area contributed by atoms with Gasteiger partial charge in [-0.2, -0.15) is 0 Å². The maximum absolute atomic E-state index is 7.56. The third-order valence-corrected chi connectivity index (χ3v) is 3.79. The van der Waals surface area contributed by atoms with E-state index in [1.54, 1.807) is 12.1 Å². The van der Waals surface area contributed by atoms with Gasteiger partial charge in [-0.25, -0.2) is 0 Å². The van der Waals surface area contributed by atoms with Crippen molar-refractivity contribution in [2.24, 2.45) is 5.73 Å². The van der Waals surface area contributed by atoms with Crippen LogP contribution in [0.25, 0.3) is 0 Å². The number of nitrogens with one attached hydrogen (secondary N) is 1. The first-order valence-electron chi connectivity index (χ1n) is 5.13. The van der Waals surface area contributed by atoms with Gasteiger partial charge in [0.05, 0.1) is 0 Å². The smallest absolute Gasteiger partial charge is 0.123 e. The molecule has 0 aliphatic rings. The summed E-state index contributed by atoms with van der Waals surface area (Å²) >= 11 is 13.3. The molecule has 0 unspecified atom stereocenters. The molecule has 0 aromatic heterocycles. The maximum atomic E-state index is 7.56. The molecule has 3 N–H and O–H groups in total. The van der Waals surface area contributed by atoms with Gasteiger partial charge in [0.2, 0.25) is 0 Å². The molecule has 0 heterocycles. The van der Waals surface area contributed by atoms with E-state index in [1.165, 1.54) is 11.8 Å². The number of rotatable bonds is 3. The Morgan fingerprint density at radius 3 is 2.44 bits per heavy atom. The highest BCUT2D eigenvalue weighted by Crippen LogP contribution is 2.32. The number of benzene rings is 2. The van der Waals surface area contributed by atoms with Crippen LogP contribution < -0.4 is 5.73 Å². The fourth-order valence-corrected chi connectivity index (χ4v) is 2.89. The lowest BCUT2D eigenvalue weighted by Gasteiger charge is -2.08. The van der Waals surface area contributed by atoms with E-state index < -0.39 is 0 Å².